The van der Waals surface area contributed by atoms with E-state index in [-0.39, 0.29) is 49.3 Å². The predicted molar refractivity (Wildman–Crippen MR) is 438 cm³/mol. The lowest BCUT2D eigenvalue weighted by Crippen LogP contribution is -2.54. The van der Waals surface area contributed by atoms with E-state index in [9.17, 15) is 53.1 Å². The molecule has 108 heavy (non-hydrogen) atoms. The molecule has 0 rings (SSSR count). The van der Waals surface area contributed by atoms with Gasteiger partial charge in [-0.05, 0) is 211 Å². The molecule has 0 saturated carbocycles. The third-order valence-electron chi connectivity index (χ3n) is 17.5. The minimum absolute atomic E-state index is 0.0678. The van der Waals surface area contributed by atoms with Crippen molar-refractivity contribution in [2.24, 2.45) is 5.11 Å². The van der Waals surface area contributed by atoms with Gasteiger partial charge in [-0.2, -0.15) is 0 Å². The van der Waals surface area contributed by atoms with E-state index in [1.165, 1.54) is 57.8 Å². The maximum atomic E-state index is 13.9. The Morgan fingerprint density at radius 3 is 0.880 bits per heavy atom. The molecule has 23 nitrogen and oxygen atoms in total. The second-order valence-electron chi connectivity index (χ2n) is 27.4. The van der Waals surface area contributed by atoms with Gasteiger partial charge in [-0.25, -0.2) is 0 Å². The number of carbonyl (C=O) groups excluding carboxylic acids is 9. The van der Waals surface area contributed by atoms with Crippen molar-refractivity contribution in [3.8, 4) is 0 Å². The molecule has 9 amide bonds. The first-order valence-corrected chi connectivity index (χ1v) is 41.3. The number of allylic oxidation sites excluding steroid dienone is 18. The number of amides is 9. The standard InChI is InChI=1S/C85H142N12O11/c1-4-7-10-13-16-19-22-25-28-31-34-37-40-43-48-62-76(98)87-66-56-52-59-73(94-79(101)65-51-46-47-55-69-93-97-86)83(106)90-70-80(102)95-74(60-53-57-67-88-77(99)63-49-44-41-38-35-32-29-26-23-20-17-14-11-8-5-2)84(107)91-71-81(103)96-75(85(108)92-72-82(104)105)61-54-58-68-89-78(100)64-50-45-42-39-36-33-30-27-24-21-18-15-12-9-6-3/h16-21,25-30,34-39,73-75H,4-15,22-24,31-33,40-72H2,1-3H3,(H,87,98)(H,88,99)(H,89,100)(H,90,106)(H,91,107)(H,92,108)(H,94,101)(H,95,102)(H,96,103)(H,104,105)/b19-16-,20-17-,21-18-,28-25-,29-26-,30-27-,37-34-,38-35-,39-36-/t73-,74-,75-/m0/s1. The molecule has 0 spiro atoms. The quantitative estimate of drug-likeness (QED) is 0.00897. The zero-order valence-electron chi connectivity index (χ0n) is 66.6. The van der Waals surface area contributed by atoms with E-state index in [1.807, 2.05) is 0 Å². The van der Waals surface area contributed by atoms with E-state index < -0.39 is 73.3 Å². The van der Waals surface area contributed by atoms with Crippen LogP contribution in [0.3, 0.4) is 0 Å². The summed E-state index contributed by atoms with van der Waals surface area (Å²) >= 11 is 0. The lowest BCUT2D eigenvalue weighted by Gasteiger charge is -2.21. The lowest BCUT2D eigenvalue weighted by atomic mass is 10.1. The summed E-state index contributed by atoms with van der Waals surface area (Å²) in [6.45, 7) is 6.07. The molecule has 608 valence electrons. The Morgan fingerprint density at radius 2 is 0.574 bits per heavy atom. The average molecular weight is 1510 g/mol. The van der Waals surface area contributed by atoms with Crippen molar-refractivity contribution in [3.05, 3.63) is 120 Å². The van der Waals surface area contributed by atoms with Gasteiger partial charge in [-0.1, -0.05) is 187 Å². The number of carboxylic acids is 1. The van der Waals surface area contributed by atoms with E-state index in [4.69, 9.17) is 5.53 Å². The third kappa shape index (κ3) is 69.4. The molecule has 0 aliphatic carbocycles. The van der Waals surface area contributed by atoms with Gasteiger partial charge in [-0.3, -0.25) is 47.9 Å². The van der Waals surface area contributed by atoms with Gasteiger partial charge >= 0.3 is 5.97 Å². The van der Waals surface area contributed by atoms with Crippen molar-refractivity contribution in [2.45, 2.75) is 321 Å². The molecule has 23 heteroatoms. The van der Waals surface area contributed by atoms with Gasteiger partial charge < -0.3 is 53.0 Å². The second kappa shape index (κ2) is 76.9. The van der Waals surface area contributed by atoms with Crippen LogP contribution in [0, 0.1) is 0 Å². The van der Waals surface area contributed by atoms with Crippen LogP contribution in [-0.2, 0) is 47.9 Å². The smallest absolute Gasteiger partial charge is 0.322 e. The van der Waals surface area contributed by atoms with Gasteiger partial charge in [0.1, 0.15) is 24.7 Å². The van der Waals surface area contributed by atoms with Crippen molar-refractivity contribution in [1.29, 1.82) is 0 Å². The Bertz CT molecular complexity index is 2750. The minimum atomic E-state index is -1.29. The number of aliphatic carboxylic acids is 1. The zero-order valence-corrected chi connectivity index (χ0v) is 66.6. The summed E-state index contributed by atoms with van der Waals surface area (Å²) in [5, 5.41) is 37.1. The van der Waals surface area contributed by atoms with E-state index in [0.717, 1.165) is 116 Å². The number of carboxylic acid groups (broad SMARTS) is 1. The van der Waals surface area contributed by atoms with Crippen LogP contribution in [0.5, 0.6) is 0 Å². The molecule has 0 aromatic heterocycles. The summed E-state index contributed by atoms with van der Waals surface area (Å²) in [5.41, 5.74) is 8.59. The maximum absolute atomic E-state index is 13.9. The molecular formula is C85H142N12O11. The van der Waals surface area contributed by atoms with Gasteiger partial charge in [0.05, 0.1) is 13.1 Å². The fourth-order valence-corrected chi connectivity index (χ4v) is 11.2. The fourth-order valence-electron chi connectivity index (χ4n) is 11.2. The lowest BCUT2D eigenvalue weighted by molar-refractivity contribution is -0.138. The molecule has 10 N–H and O–H groups in total. The highest BCUT2D eigenvalue weighted by atomic mass is 16.4. The van der Waals surface area contributed by atoms with Gasteiger partial charge in [-0.15, -0.1) is 0 Å². The Hall–Kier alpha value is -8.33. The summed E-state index contributed by atoms with van der Waals surface area (Å²) in [5.74, 6) is -5.58. The third-order valence-corrected chi connectivity index (χ3v) is 17.5. The summed E-state index contributed by atoms with van der Waals surface area (Å²) in [4.78, 5) is 134. The van der Waals surface area contributed by atoms with Gasteiger partial charge in [0.2, 0.25) is 53.2 Å². The number of nitrogens with one attached hydrogen (secondary N) is 9. The predicted octanol–water partition coefficient (Wildman–Crippen LogP) is 15.8. The number of unbranched alkanes of at least 4 members (excludes halogenated alkanes) is 21. The van der Waals surface area contributed by atoms with Crippen LogP contribution in [0.2, 0.25) is 0 Å². The Morgan fingerprint density at radius 1 is 0.306 bits per heavy atom. The fraction of sp³-hybridized carbons (Fsp3) is 0.671. The molecule has 0 aliphatic heterocycles. The van der Waals surface area contributed by atoms with Gasteiger partial charge in [0.25, 0.3) is 0 Å². The minimum Gasteiger partial charge on any atom is -0.480 e. The highest BCUT2D eigenvalue weighted by Crippen LogP contribution is 2.12. The first-order valence-electron chi connectivity index (χ1n) is 41.3. The average Bonchev–Trinajstić information content (AvgIpc) is 0.905. The molecule has 0 fully saturated rings. The summed E-state index contributed by atoms with van der Waals surface area (Å²) in [6.07, 6.45) is 73.4. The van der Waals surface area contributed by atoms with Crippen LogP contribution >= 0.6 is 0 Å². The molecule has 0 heterocycles. The monoisotopic (exact) mass is 1510 g/mol. The van der Waals surface area contributed by atoms with Crippen molar-refractivity contribution < 1.29 is 53.1 Å². The topological polar surface area (TPSA) is 348 Å². The molecule has 0 bridgehead atoms. The van der Waals surface area contributed by atoms with E-state index in [0.29, 0.717) is 110 Å². The highest BCUT2D eigenvalue weighted by Gasteiger charge is 2.26. The van der Waals surface area contributed by atoms with Gasteiger partial charge in [0.15, 0.2) is 0 Å². The molecule has 0 radical (unpaired) electrons. The summed E-state index contributed by atoms with van der Waals surface area (Å²) < 4.78 is 0. The molecule has 3 atom stereocenters. The number of carbonyl (C=O) groups is 10. The van der Waals surface area contributed by atoms with Crippen LogP contribution in [-0.4, -0.2) is 128 Å². The molecule has 0 saturated heterocycles. The van der Waals surface area contributed by atoms with E-state index >= 15 is 0 Å². The maximum Gasteiger partial charge on any atom is 0.322 e. The number of azide groups is 1. The van der Waals surface area contributed by atoms with Crippen molar-refractivity contribution in [2.75, 3.05) is 45.8 Å². The number of hydrogen-bond acceptors (Lipinski definition) is 11. The van der Waals surface area contributed by atoms with Crippen molar-refractivity contribution >= 4 is 59.1 Å². The summed E-state index contributed by atoms with van der Waals surface area (Å²) in [6, 6.07) is -3.44. The largest absolute Gasteiger partial charge is 0.480 e. The zero-order chi connectivity index (χ0) is 79.1. The Balaban J connectivity index is 5.81. The second-order valence-corrected chi connectivity index (χ2v) is 27.4. The van der Waals surface area contributed by atoms with Crippen LogP contribution in [0.15, 0.2) is 114 Å². The van der Waals surface area contributed by atoms with Crippen LogP contribution in [0.25, 0.3) is 10.4 Å². The van der Waals surface area contributed by atoms with Crippen molar-refractivity contribution in [1.82, 2.24) is 47.9 Å². The molecule has 0 aromatic carbocycles. The number of nitrogens with zero attached hydrogens (tertiary/aromatic N) is 3. The highest BCUT2D eigenvalue weighted by molar-refractivity contribution is 5.94. The normalized spacial score (nSPS) is 12.6. The van der Waals surface area contributed by atoms with Crippen LogP contribution in [0.4, 0.5) is 0 Å². The van der Waals surface area contributed by atoms with E-state index in [1.54, 1.807) is 0 Å². The van der Waals surface area contributed by atoms with Crippen LogP contribution in [0.1, 0.15) is 303 Å². The first kappa shape index (κ1) is 99.7. The molecular weight excluding hydrogens is 1370 g/mol. The molecule has 0 unspecified atom stereocenters. The number of rotatable bonds is 73. The SMILES string of the molecule is CCCCC/C=C\C/C=C\C/C=C\CCCCC(=O)NCCCC[C@H](NC(=O)CCCCCCN=[N+]=[N-])C(=O)NCC(=O)N[C@@H](CCCCNC(=O)CCCC/C=C\C/C=C\C/C=C\CCCCC)C(=O)NCC(=O)N[C@@H](CCCCNC(=O)CCCC/C=C\C/C=C\C/C=C\CCCCC)C(=O)NCC(=O)O. The number of hydrogen-bond donors (Lipinski definition) is 10. The Labute approximate surface area is 649 Å². The summed E-state index contributed by atoms with van der Waals surface area (Å²) in [7, 11) is 0. The molecule has 0 aliphatic rings. The first-order chi connectivity index (χ1) is 52.7. The van der Waals surface area contributed by atoms with Crippen molar-refractivity contribution in [3.63, 3.8) is 0 Å². The van der Waals surface area contributed by atoms with Gasteiger partial charge in [0, 0.05) is 56.8 Å². The Kier molecular flexibility index (Phi) is 70.9. The van der Waals surface area contributed by atoms with Crippen LogP contribution < -0.4 is 47.9 Å². The molecule has 0 aromatic rings. The van der Waals surface area contributed by atoms with E-state index in [2.05, 4.69) is 188 Å².